The Kier molecular flexibility index (Phi) is 5.43. The number of pyridine rings is 1. The van der Waals surface area contributed by atoms with E-state index in [1.54, 1.807) is 7.11 Å². The molecule has 7 heteroatoms. The van der Waals surface area contributed by atoms with E-state index in [0.717, 1.165) is 55.3 Å². The number of fused-ring (bicyclic) bond motifs is 1. The number of nitrogens with zero attached hydrogens (tertiary/aromatic N) is 5. The lowest BCUT2D eigenvalue weighted by Gasteiger charge is -2.32. The number of hydrogen-bond acceptors (Lipinski definition) is 4. The third-order valence-corrected chi connectivity index (χ3v) is 5.64. The number of imidazole rings is 2. The summed E-state index contributed by atoms with van der Waals surface area (Å²) in [5.74, 6) is 1.69. The van der Waals surface area contributed by atoms with Crippen LogP contribution in [0.15, 0.2) is 36.8 Å². The van der Waals surface area contributed by atoms with Crippen LogP contribution in [0.4, 0.5) is 0 Å². The number of carbonyl (C=O) groups is 1. The van der Waals surface area contributed by atoms with Crippen molar-refractivity contribution in [3.05, 3.63) is 54.0 Å². The maximum absolute atomic E-state index is 12.9. The van der Waals surface area contributed by atoms with Crippen LogP contribution in [0.5, 0.6) is 0 Å². The Morgan fingerprint density at radius 1 is 1.25 bits per heavy atom. The van der Waals surface area contributed by atoms with Crippen molar-refractivity contribution in [1.82, 2.24) is 23.8 Å². The summed E-state index contributed by atoms with van der Waals surface area (Å²) in [6.45, 7) is 5.02. The third kappa shape index (κ3) is 3.67. The van der Waals surface area contributed by atoms with E-state index in [-0.39, 0.29) is 5.91 Å². The Hall–Kier alpha value is -2.67. The molecule has 0 atom stereocenters. The van der Waals surface area contributed by atoms with Gasteiger partial charge in [-0.05, 0) is 31.9 Å². The van der Waals surface area contributed by atoms with Gasteiger partial charge in [-0.15, -0.1) is 0 Å². The van der Waals surface area contributed by atoms with Gasteiger partial charge in [-0.3, -0.25) is 4.79 Å². The Labute approximate surface area is 165 Å². The number of hydrogen-bond donors (Lipinski definition) is 0. The number of ether oxygens (including phenoxy) is 1. The Morgan fingerprint density at radius 3 is 2.86 bits per heavy atom. The molecule has 7 nitrogen and oxygen atoms in total. The quantitative estimate of drug-likeness (QED) is 0.658. The van der Waals surface area contributed by atoms with Gasteiger partial charge in [0, 0.05) is 51.3 Å². The molecule has 0 radical (unpaired) electrons. The largest absolute Gasteiger partial charge is 0.383 e. The van der Waals surface area contributed by atoms with Crippen molar-refractivity contribution in [2.75, 3.05) is 26.8 Å². The molecular weight excluding hydrogens is 354 g/mol. The fourth-order valence-electron chi connectivity index (χ4n) is 4.08. The topological polar surface area (TPSA) is 64.7 Å². The Balaban J connectivity index is 1.39. The van der Waals surface area contributed by atoms with Crippen LogP contribution in [0.3, 0.4) is 0 Å². The standard InChI is InChI=1S/C21H27N5O2/c1-16-18(26-9-4-3-5-19(26)23-16)15-20(27)24-10-6-17(7-11-24)21-22-8-12-25(21)13-14-28-2/h3-5,8-9,12,17H,6-7,10-11,13-15H2,1-2H3. The highest BCUT2D eigenvalue weighted by atomic mass is 16.5. The lowest BCUT2D eigenvalue weighted by atomic mass is 9.95. The van der Waals surface area contributed by atoms with Crippen LogP contribution in [-0.4, -0.2) is 56.5 Å². The van der Waals surface area contributed by atoms with Crippen LogP contribution in [0.25, 0.3) is 5.65 Å². The summed E-state index contributed by atoms with van der Waals surface area (Å²) in [4.78, 5) is 24.0. The zero-order chi connectivity index (χ0) is 19.5. The molecule has 1 aliphatic rings. The molecule has 0 saturated carbocycles. The molecule has 1 saturated heterocycles. The summed E-state index contributed by atoms with van der Waals surface area (Å²) in [6, 6.07) is 5.91. The maximum atomic E-state index is 12.9. The number of aryl methyl sites for hydroxylation is 1. The van der Waals surface area contributed by atoms with E-state index in [4.69, 9.17) is 4.74 Å². The number of amides is 1. The molecule has 4 rings (SSSR count). The zero-order valence-corrected chi connectivity index (χ0v) is 16.5. The average molecular weight is 381 g/mol. The normalized spacial score (nSPS) is 15.4. The molecule has 0 unspecified atom stereocenters. The number of carbonyl (C=O) groups excluding carboxylic acids is 1. The first-order valence-corrected chi connectivity index (χ1v) is 9.87. The molecular formula is C21H27N5O2. The van der Waals surface area contributed by atoms with Gasteiger partial charge in [0.2, 0.25) is 5.91 Å². The molecule has 1 aliphatic heterocycles. The fraction of sp³-hybridized carbons (Fsp3) is 0.476. The molecule has 4 heterocycles. The van der Waals surface area contributed by atoms with Gasteiger partial charge in [0.25, 0.3) is 0 Å². The lowest BCUT2D eigenvalue weighted by molar-refractivity contribution is -0.131. The molecule has 3 aromatic rings. The molecule has 148 valence electrons. The van der Waals surface area contributed by atoms with Gasteiger partial charge >= 0.3 is 0 Å². The lowest BCUT2D eigenvalue weighted by Crippen LogP contribution is -2.39. The summed E-state index contributed by atoms with van der Waals surface area (Å²) in [5.41, 5.74) is 2.80. The van der Waals surface area contributed by atoms with Crippen molar-refractivity contribution in [2.45, 2.75) is 38.6 Å². The van der Waals surface area contributed by atoms with Gasteiger partial charge in [0.1, 0.15) is 11.5 Å². The molecule has 28 heavy (non-hydrogen) atoms. The summed E-state index contributed by atoms with van der Waals surface area (Å²) in [7, 11) is 1.71. The van der Waals surface area contributed by atoms with Crippen LogP contribution in [0, 0.1) is 6.92 Å². The van der Waals surface area contributed by atoms with Crippen molar-refractivity contribution in [2.24, 2.45) is 0 Å². The smallest absolute Gasteiger partial charge is 0.228 e. The van der Waals surface area contributed by atoms with Gasteiger partial charge in [-0.1, -0.05) is 6.07 Å². The average Bonchev–Trinajstić information content (AvgIpc) is 3.31. The van der Waals surface area contributed by atoms with Gasteiger partial charge in [-0.25, -0.2) is 9.97 Å². The Bertz CT molecular complexity index is 953. The van der Waals surface area contributed by atoms with E-state index in [9.17, 15) is 4.79 Å². The number of piperidine rings is 1. The number of aromatic nitrogens is 4. The number of rotatable bonds is 6. The molecule has 0 aliphatic carbocycles. The van der Waals surface area contributed by atoms with Crippen molar-refractivity contribution < 1.29 is 9.53 Å². The number of methoxy groups -OCH3 is 1. The van der Waals surface area contributed by atoms with E-state index < -0.39 is 0 Å². The van der Waals surface area contributed by atoms with E-state index in [0.29, 0.717) is 18.9 Å². The second kappa shape index (κ2) is 8.14. The minimum absolute atomic E-state index is 0.176. The van der Waals surface area contributed by atoms with Crippen LogP contribution in [0.2, 0.25) is 0 Å². The molecule has 0 bridgehead atoms. The fourth-order valence-corrected chi connectivity index (χ4v) is 4.08. The van der Waals surface area contributed by atoms with Gasteiger partial charge in [0.05, 0.1) is 24.4 Å². The molecule has 3 aromatic heterocycles. The van der Waals surface area contributed by atoms with Crippen LogP contribution < -0.4 is 0 Å². The zero-order valence-electron chi connectivity index (χ0n) is 16.5. The third-order valence-electron chi connectivity index (χ3n) is 5.64. The molecule has 0 spiro atoms. The predicted molar refractivity (Wildman–Crippen MR) is 106 cm³/mol. The maximum Gasteiger partial charge on any atom is 0.228 e. The Morgan fingerprint density at radius 2 is 2.07 bits per heavy atom. The van der Waals surface area contributed by atoms with Gasteiger partial charge in [0.15, 0.2) is 0 Å². The number of likely N-dealkylation sites (tertiary alicyclic amines) is 1. The van der Waals surface area contributed by atoms with Crippen molar-refractivity contribution in [3.63, 3.8) is 0 Å². The first kappa shape index (κ1) is 18.7. The highest BCUT2D eigenvalue weighted by molar-refractivity contribution is 5.79. The minimum atomic E-state index is 0.176. The van der Waals surface area contributed by atoms with E-state index in [2.05, 4.69) is 14.5 Å². The first-order chi connectivity index (χ1) is 13.7. The van der Waals surface area contributed by atoms with E-state index >= 15 is 0 Å². The first-order valence-electron chi connectivity index (χ1n) is 9.87. The van der Waals surface area contributed by atoms with Gasteiger partial charge < -0.3 is 18.6 Å². The summed E-state index contributed by atoms with van der Waals surface area (Å²) >= 11 is 0. The summed E-state index contributed by atoms with van der Waals surface area (Å²) in [5, 5.41) is 0. The minimum Gasteiger partial charge on any atom is -0.383 e. The van der Waals surface area contributed by atoms with Crippen molar-refractivity contribution in [3.8, 4) is 0 Å². The highest BCUT2D eigenvalue weighted by Gasteiger charge is 2.27. The van der Waals surface area contributed by atoms with Crippen LogP contribution >= 0.6 is 0 Å². The molecule has 0 aromatic carbocycles. The highest BCUT2D eigenvalue weighted by Crippen LogP contribution is 2.27. The monoisotopic (exact) mass is 381 g/mol. The van der Waals surface area contributed by atoms with E-state index in [1.807, 2.05) is 53.0 Å². The van der Waals surface area contributed by atoms with Crippen molar-refractivity contribution >= 4 is 11.6 Å². The molecule has 1 amide bonds. The molecule has 0 N–H and O–H groups in total. The summed E-state index contributed by atoms with van der Waals surface area (Å²) < 4.78 is 9.38. The van der Waals surface area contributed by atoms with Crippen molar-refractivity contribution in [1.29, 1.82) is 0 Å². The summed E-state index contributed by atoms with van der Waals surface area (Å²) in [6.07, 6.45) is 8.13. The van der Waals surface area contributed by atoms with Crippen LogP contribution in [0.1, 0.15) is 36.0 Å². The molecule has 1 fully saturated rings. The second-order valence-electron chi connectivity index (χ2n) is 7.38. The second-order valence-corrected chi connectivity index (χ2v) is 7.38. The van der Waals surface area contributed by atoms with Gasteiger partial charge in [-0.2, -0.15) is 0 Å². The van der Waals surface area contributed by atoms with Crippen LogP contribution in [-0.2, 0) is 22.5 Å². The van der Waals surface area contributed by atoms with E-state index in [1.165, 1.54) is 0 Å². The SMILES string of the molecule is COCCn1ccnc1C1CCN(C(=O)Cc2c(C)nc3ccccn23)CC1. The predicted octanol–water partition coefficient (Wildman–Crippen LogP) is 2.43.